The summed E-state index contributed by atoms with van der Waals surface area (Å²) in [4.78, 5) is 12.0. The third-order valence-electron chi connectivity index (χ3n) is 2.33. The second-order valence-corrected chi connectivity index (χ2v) is 3.91. The van der Waals surface area contributed by atoms with Gasteiger partial charge in [-0.2, -0.15) is 0 Å². The fourth-order valence-corrected chi connectivity index (χ4v) is 1.59. The molecule has 0 bridgehead atoms. The number of ketones is 1. The molecule has 0 atom stereocenters. The van der Waals surface area contributed by atoms with E-state index in [2.05, 4.69) is 0 Å². The van der Waals surface area contributed by atoms with Gasteiger partial charge in [0.2, 0.25) is 5.78 Å². The maximum atomic E-state index is 12.0. The van der Waals surface area contributed by atoms with Gasteiger partial charge in [0, 0.05) is 5.56 Å². The van der Waals surface area contributed by atoms with Crippen LogP contribution < -0.4 is 5.73 Å². The number of benzene rings is 1. The second kappa shape index (κ2) is 4.02. The molecular weight excluding hydrogens is 226 g/mol. The predicted molar refractivity (Wildman–Crippen MR) is 62.7 cm³/mol. The number of carbonyl (C=O) groups excluding carboxylic acids is 1. The monoisotopic (exact) mass is 235 g/mol. The fraction of sp³-hybridized carbons (Fsp3) is 0.0833. The summed E-state index contributed by atoms with van der Waals surface area (Å²) in [5.74, 6) is 0.144. The molecule has 0 amide bonds. The molecule has 0 unspecified atom stereocenters. The Labute approximate surface area is 97.8 Å². The van der Waals surface area contributed by atoms with Crippen molar-refractivity contribution < 1.29 is 9.21 Å². The van der Waals surface area contributed by atoms with E-state index in [0.717, 1.165) is 5.56 Å². The predicted octanol–water partition coefficient (Wildman–Crippen LogP) is 3.05. The summed E-state index contributed by atoms with van der Waals surface area (Å²) >= 11 is 5.85. The first-order chi connectivity index (χ1) is 7.59. The van der Waals surface area contributed by atoms with Crippen molar-refractivity contribution in [3.05, 3.63) is 52.4 Å². The van der Waals surface area contributed by atoms with Crippen LogP contribution >= 0.6 is 11.6 Å². The molecule has 1 aromatic heterocycles. The van der Waals surface area contributed by atoms with Crippen LogP contribution in [0.2, 0.25) is 5.02 Å². The van der Waals surface area contributed by atoms with Crippen LogP contribution in [0.5, 0.6) is 0 Å². The lowest BCUT2D eigenvalue weighted by Gasteiger charge is -2.02. The number of nitrogens with two attached hydrogens (primary N) is 1. The molecule has 2 rings (SSSR count). The van der Waals surface area contributed by atoms with Crippen molar-refractivity contribution in [2.45, 2.75) is 6.92 Å². The highest BCUT2D eigenvalue weighted by atomic mass is 35.5. The Morgan fingerprint density at radius 2 is 2.12 bits per heavy atom. The molecule has 0 fully saturated rings. The fourth-order valence-electron chi connectivity index (χ4n) is 1.40. The van der Waals surface area contributed by atoms with Gasteiger partial charge in [-0.3, -0.25) is 4.79 Å². The lowest BCUT2D eigenvalue weighted by molar-refractivity contribution is 0.101. The normalized spacial score (nSPS) is 10.4. The lowest BCUT2D eigenvalue weighted by atomic mass is 10.1. The Bertz CT molecular complexity index is 546. The van der Waals surface area contributed by atoms with E-state index in [-0.39, 0.29) is 5.78 Å². The summed E-state index contributed by atoms with van der Waals surface area (Å²) in [6.45, 7) is 1.82. The Balaban J connectivity index is 2.42. The number of nitrogen functional groups attached to an aromatic ring is 1. The first kappa shape index (κ1) is 10.8. The van der Waals surface area contributed by atoms with Gasteiger partial charge < -0.3 is 10.2 Å². The van der Waals surface area contributed by atoms with Gasteiger partial charge in [-0.15, -0.1) is 0 Å². The molecule has 0 saturated heterocycles. The van der Waals surface area contributed by atoms with E-state index >= 15 is 0 Å². The quantitative estimate of drug-likeness (QED) is 0.643. The van der Waals surface area contributed by atoms with Crippen molar-refractivity contribution in [2.24, 2.45) is 0 Å². The standard InChI is InChI=1S/C12H10ClNO2/c1-7-4-5-16-12(7)11(15)8-2-3-10(14)9(13)6-8/h2-6H,14H2,1H3. The summed E-state index contributed by atoms with van der Waals surface area (Å²) < 4.78 is 5.13. The molecule has 2 N–H and O–H groups in total. The van der Waals surface area contributed by atoms with E-state index in [1.807, 2.05) is 6.92 Å². The van der Waals surface area contributed by atoms with Crippen molar-refractivity contribution in [3.8, 4) is 0 Å². The third kappa shape index (κ3) is 1.82. The zero-order chi connectivity index (χ0) is 11.7. The van der Waals surface area contributed by atoms with Gasteiger partial charge in [0.05, 0.1) is 17.0 Å². The van der Waals surface area contributed by atoms with E-state index < -0.39 is 0 Å². The number of aryl methyl sites for hydroxylation is 1. The van der Waals surface area contributed by atoms with E-state index in [1.165, 1.54) is 6.26 Å². The highest BCUT2D eigenvalue weighted by Crippen LogP contribution is 2.22. The molecule has 0 aliphatic rings. The maximum absolute atomic E-state index is 12.0. The first-order valence-corrected chi connectivity index (χ1v) is 5.11. The summed E-state index contributed by atoms with van der Waals surface area (Å²) in [6, 6.07) is 6.52. The van der Waals surface area contributed by atoms with Gasteiger partial charge in [-0.1, -0.05) is 11.6 Å². The largest absolute Gasteiger partial charge is 0.461 e. The number of carbonyl (C=O) groups is 1. The lowest BCUT2D eigenvalue weighted by Crippen LogP contribution is -2.02. The Hall–Kier alpha value is -1.74. The van der Waals surface area contributed by atoms with Crippen molar-refractivity contribution >= 4 is 23.1 Å². The molecule has 2 aromatic rings. The highest BCUT2D eigenvalue weighted by Gasteiger charge is 2.15. The Morgan fingerprint density at radius 3 is 2.69 bits per heavy atom. The zero-order valence-electron chi connectivity index (χ0n) is 8.66. The van der Waals surface area contributed by atoms with Crippen molar-refractivity contribution in [1.29, 1.82) is 0 Å². The van der Waals surface area contributed by atoms with Crippen LogP contribution in [-0.4, -0.2) is 5.78 Å². The average molecular weight is 236 g/mol. The Kier molecular flexibility index (Phi) is 2.71. The number of hydrogen-bond acceptors (Lipinski definition) is 3. The minimum atomic E-state index is -0.190. The van der Waals surface area contributed by atoms with Gasteiger partial charge >= 0.3 is 0 Å². The number of halogens is 1. The van der Waals surface area contributed by atoms with Crippen LogP contribution in [0.1, 0.15) is 21.7 Å². The number of furan rings is 1. The molecular formula is C12H10ClNO2. The molecule has 82 valence electrons. The smallest absolute Gasteiger partial charge is 0.228 e. The van der Waals surface area contributed by atoms with Crippen LogP contribution in [0.4, 0.5) is 5.69 Å². The second-order valence-electron chi connectivity index (χ2n) is 3.50. The SMILES string of the molecule is Cc1ccoc1C(=O)c1ccc(N)c(Cl)c1. The number of hydrogen-bond donors (Lipinski definition) is 1. The number of anilines is 1. The molecule has 0 aliphatic carbocycles. The molecule has 4 heteroatoms. The third-order valence-corrected chi connectivity index (χ3v) is 2.66. The Morgan fingerprint density at radius 1 is 1.38 bits per heavy atom. The van der Waals surface area contributed by atoms with Gasteiger partial charge in [-0.05, 0) is 36.8 Å². The van der Waals surface area contributed by atoms with E-state index in [4.69, 9.17) is 21.8 Å². The van der Waals surface area contributed by atoms with Crippen molar-refractivity contribution in [2.75, 3.05) is 5.73 Å². The van der Waals surface area contributed by atoms with Gasteiger partial charge in [-0.25, -0.2) is 0 Å². The zero-order valence-corrected chi connectivity index (χ0v) is 9.41. The van der Waals surface area contributed by atoms with Crippen molar-refractivity contribution in [3.63, 3.8) is 0 Å². The number of rotatable bonds is 2. The summed E-state index contributed by atoms with van der Waals surface area (Å²) in [5.41, 5.74) is 7.30. The van der Waals surface area contributed by atoms with Gasteiger partial charge in [0.1, 0.15) is 0 Å². The van der Waals surface area contributed by atoms with E-state index in [1.54, 1.807) is 24.3 Å². The van der Waals surface area contributed by atoms with Crippen LogP contribution in [0, 0.1) is 6.92 Å². The molecule has 0 saturated carbocycles. The molecule has 0 radical (unpaired) electrons. The molecule has 1 aromatic carbocycles. The molecule has 0 aliphatic heterocycles. The molecule has 0 spiro atoms. The van der Waals surface area contributed by atoms with Gasteiger partial charge in [0.25, 0.3) is 0 Å². The molecule has 3 nitrogen and oxygen atoms in total. The topological polar surface area (TPSA) is 56.2 Å². The minimum Gasteiger partial charge on any atom is -0.461 e. The summed E-state index contributed by atoms with van der Waals surface area (Å²) in [7, 11) is 0. The average Bonchev–Trinajstić information content (AvgIpc) is 2.67. The van der Waals surface area contributed by atoms with E-state index in [0.29, 0.717) is 22.0 Å². The van der Waals surface area contributed by atoms with Gasteiger partial charge in [0.15, 0.2) is 5.76 Å². The van der Waals surface area contributed by atoms with Crippen LogP contribution in [0.25, 0.3) is 0 Å². The summed E-state index contributed by atoms with van der Waals surface area (Å²) in [6.07, 6.45) is 1.49. The highest BCUT2D eigenvalue weighted by molar-refractivity contribution is 6.33. The summed E-state index contributed by atoms with van der Waals surface area (Å²) in [5, 5.41) is 0.370. The molecule has 16 heavy (non-hydrogen) atoms. The van der Waals surface area contributed by atoms with E-state index in [9.17, 15) is 4.79 Å². The van der Waals surface area contributed by atoms with Crippen LogP contribution in [0.3, 0.4) is 0 Å². The maximum Gasteiger partial charge on any atom is 0.228 e. The molecule has 1 heterocycles. The van der Waals surface area contributed by atoms with Crippen LogP contribution in [0.15, 0.2) is 34.9 Å². The van der Waals surface area contributed by atoms with Crippen LogP contribution in [-0.2, 0) is 0 Å². The van der Waals surface area contributed by atoms with Crippen molar-refractivity contribution in [1.82, 2.24) is 0 Å². The first-order valence-electron chi connectivity index (χ1n) is 4.73. The minimum absolute atomic E-state index is 0.190.